The van der Waals surface area contributed by atoms with E-state index in [2.05, 4.69) is 5.43 Å². The van der Waals surface area contributed by atoms with Gasteiger partial charge in [0.2, 0.25) is 5.91 Å². The number of hydrazine groups is 1. The fraction of sp³-hybridized carbons (Fsp3) is 0.417. The average Bonchev–Trinajstić information content (AvgIpc) is 2.89. The van der Waals surface area contributed by atoms with Gasteiger partial charge in [0.05, 0.1) is 11.3 Å². The number of benzene rings is 1. The number of carbonyl (C=O) groups excluding carboxylic acids is 1. The molecule has 1 saturated heterocycles. The minimum atomic E-state index is -0.577. The van der Waals surface area contributed by atoms with E-state index in [9.17, 15) is 9.90 Å². The first kappa shape index (κ1) is 9.66. The van der Waals surface area contributed by atoms with E-state index in [1.807, 2.05) is 29.3 Å². The maximum Gasteiger partial charge on any atom is 0.240 e. The van der Waals surface area contributed by atoms with E-state index < -0.39 is 5.60 Å². The zero-order valence-corrected chi connectivity index (χ0v) is 8.94. The van der Waals surface area contributed by atoms with E-state index in [1.54, 1.807) is 0 Å². The molecule has 2 fully saturated rings. The normalized spacial score (nSPS) is 22.1. The molecule has 0 unspecified atom stereocenters. The molecule has 3 rings (SSSR count). The van der Waals surface area contributed by atoms with E-state index in [-0.39, 0.29) is 5.91 Å². The number of nitrogens with zero attached hydrogens (tertiary/aromatic N) is 1. The highest BCUT2D eigenvalue weighted by Crippen LogP contribution is 2.45. The highest BCUT2D eigenvalue weighted by Gasteiger charge is 2.41. The summed E-state index contributed by atoms with van der Waals surface area (Å²) >= 11 is 0. The van der Waals surface area contributed by atoms with Crippen molar-refractivity contribution in [3.63, 3.8) is 0 Å². The minimum absolute atomic E-state index is 0.0601. The Morgan fingerprint density at radius 2 is 1.94 bits per heavy atom. The van der Waals surface area contributed by atoms with Gasteiger partial charge in [0, 0.05) is 13.0 Å². The number of hydrogen-bond acceptors (Lipinski definition) is 3. The Morgan fingerprint density at radius 3 is 2.44 bits per heavy atom. The maximum atomic E-state index is 11.1. The van der Waals surface area contributed by atoms with Crippen molar-refractivity contribution in [1.29, 1.82) is 0 Å². The summed E-state index contributed by atoms with van der Waals surface area (Å²) in [5.74, 6) is 0.0601. The smallest absolute Gasteiger partial charge is 0.240 e. The topological polar surface area (TPSA) is 52.6 Å². The zero-order valence-electron chi connectivity index (χ0n) is 8.94. The van der Waals surface area contributed by atoms with Crippen molar-refractivity contribution in [1.82, 2.24) is 5.43 Å². The molecular weight excluding hydrogens is 204 g/mol. The number of amides is 1. The van der Waals surface area contributed by atoms with Gasteiger partial charge in [-0.05, 0) is 30.5 Å². The zero-order chi connectivity index (χ0) is 11.2. The van der Waals surface area contributed by atoms with Crippen molar-refractivity contribution in [2.75, 3.05) is 11.6 Å². The summed E-state index contributed by atoms with van der Waals surface area (Å²) in [5.41, 5.74) is 4.14. The van der Waals surface area contributed by atoms with Gasteiger partial charge in [-0.2, -0.15) is 0 Å². The monoisotopic (exact) mass is 218 g/mol. The fourth-order valence-electron chi connectivity index (χ4n) is 2.03. The molecule has 4 nitrogen and oxygen atoms in total. The molecule has 1 aliphatic heterocycles. The van der Waals surface area contributed by atoms with Crippen molar-refractivity contribution in [2.24, 2.45) is 0 Å². The number of nitrogens with one attached hydrogen (secondary N) is 1. The lowest BCUT2D eigenvalue weighted by molar-refractivity contribution is -0.119. The van der Waals surface area contributed by atoms with Crippen molar-refractivity contribution < 1.29 is 9.90 Å². The van der Waals surface area contributed by atoms with Gasteiger partial charge in [-0.25, -0.2) is 0 Å². The quantitative estimate of drug-likeness (QED) is 0.775. The first-order chi connectivity index (χ1) is 7.67. The second-order valence-corrected chi connectivity index (χ2v) is 4.52. The molecule has 1 amide bonds. The SMILES string of the molecule is O=C1CCN(c2ccc(C3(O)CC3)cc2)N1. The van der Waals surface area contributed by atoms with Gasteiger partial charge in [0.25, 0.3) is 0 Å². The Bertz CT molecular complexity index is 423. The third-order valence-electron chi connectivity index (χ3n) is 3.26. The lowest BCUT2D eigenvalue weighted by Gasteiger charge is -2.18. The molecule has 84 valence electrons. The van der Waals surface area contributed by atoms with Crippen LogP contribution in [0.2, 0.25) is 0 Å². The lowest BCUT2D eigenvalue weighted by Crippen LogP contribution is -2.32. The van der Waals surface area contributed by atoms with E-state index in [0.717, 1.165) is 24.1 Å². The highest BCUT2D eigenvalue weighted by molar-refractivity contribution is 5.81. The first-order valence-electron chi connectivity index (χ1n) is 5.57. The molecule has 1 saturated carbocycles. The Morgan fingerprint density at radius 1 is 1.25 bits per heavy atom. The van der Waals surface area contributed by atoms with Gasteiger partial charge >= 0.3 is 0 Å². The summed E-state index contributed by atoms with van der Waals surface area (Å²) in [6.45, 7) is 0.711. The summed E-state index contributed by atoms with van der Waals surface area (Å²) in [5, 5.41) is 11.8. The summed E-state index contributed by atoms with van der Waals surface area (Å²) in [6, 6.07) is 7.76. The van der Waals surface area contributed by atoms with Gasteiger partial charge in [-0.1, -0.05) is 12.1 Å². The standard InChI is InChI=1S/C12H14N2O2/c15-11-5-8-14(13-11)10-3-1-9(2-4-10)12(16)6-7-12/h1-4,16H,5-8H2,(H,13,15). The molecule has 1 aromatic carbocycles. The van der Waals surface area contributed by atoms with Crippen molar-refractivity contribution in [2.45, 2.75) is 24.9 Å². The van der Waals surface area contributed by atoms with Gasteiger partial charge in [0.1, 0.15) is 0 Å². The highest BCUT2D eigenvalue weighted by atomic mass is 16.3. The third kappa shape index (κ3) is 1.55. The molecular formula is C12H14N2O2. The molecule has 0 bridgehead atoms. The molecule has 1 aliphatic carbocycles. The minimum Gasteiger partial charge on any atom is -0.385 e. The molecule has 2 aliphatic rings. The van der Waals surface area contributed by atoms with Crippen LogP contribution in [0, 0.1) is 0 Å². The summed E-state index contributed by atoms with van der Waals surface area (Å²) < 4.78 is 0. The largest absolute Gasteiger partial charge is 0.385 e. The van der Waals surface area contributed by atoms with Gasteiger partial charge in [0.15, 0.2) is 0 Å². The average molecular weight is 218 g/mol. The molecule has 1 heterocycles. The van der Waals surface area contributed by atoms with E-state index in [4.69, 9.17) is 0 Å². The lowest BCUT2D eigenvalue weighted by atomic mass is 10.1. The molecule has 16 heavy (non-hydrogen) atoms. The van der Waals surface area contributed by atoms with Crippen LogP contribution in [-0.2, 0) is 10.4 Å². The van der Waals surface area contributed by atoms with Crippen LogP contribution in [0.4, 0.5) is 5.69 Å². The second kappa shape index (κ2) is 3.22. The second-order valence-electron chi connectivity index (χ2n) is 4.52. The summed E-state index contributed by atoms with van der Waals surface area (Å²) in [4.78, 5) is 11.1. The van der Waals surface area contributed by atoms with Crippen LogP contribution < -0.4 is 10.4 Å². The molecule has 1 aromatic rings. The molecule has 0 radical (unpaired) electrons. The van der Waals surface area contributed by atoms with Crippen LogP contribution >= 0.6 is 0 Å². The predicted octanol–water partition coefficient (Wildman–Crippen LogP) is 0.909. The number of hydrogen-bond donors (Lipinski definition) is 2. The molecule has 4 heteroatoms. The van der Waals surface area contributed by atoms with Crippen LogP contribution in [0.3, 0.4) is 0 Å². The number of anilines is 1. The summed E-state index contributed by atoms with van der Waals surface area (Å²) in [7, 11) is 0. The molecule has 0 atom stereocenters. The third-order valence-corrected chi connectivity index (χ3v) is 3.26. The van der Waals surface area contributed by atoms with E-state index in [1.165, 1.54) is 0 Å². The number of rotatable bonds is 2. The van der Waals surface area contributed by atoms with Crippen molar-refractivity contribution in [3.8, 4) is 0 Å². The van der Waals surface area contributed by atoms with E-state index in [0.29, 0.717) is 13.0 Å². The Kier molecular flexibility index (Phi) is 1.94. The van der Waals surface area contributed by atoms with Crippen LogP contribution in [0.15, 0.2) is 24.3 Å². The van der Waals surface area contributed by atoms with Crippen LogP contribution in [0.5, 0.6) is 0 Å². The number of aliphatic hydroxyl groups is 1. The van der Waals surface area contributed by atoms with Crippen LogP contribution in [-0.4, -0.2) is 17.6 Å². The maximum absolute atomic E-state index is 11.1. The summed E-state index contributed by atoms with van der Waals surface area (Å²) in [6.07, 6.45) is 2.26. The van der Waals surface area contributed by atoms with Gasteiger partial charge < -0.3 is 5.11 Å². The van der Waals surface area contributed by atoms with Crippen LogP contribution in [0.25, 0.3) is 0 Å². The molecule has 0 aromatic heterocycles. The van der Waals surface area contributed by atoms with Crippen molar-refractivity contribution >= 4 is 11.6 Å². The van der Waals surface area contributed by atoms with Crippen molar-refractivity contribution in [3.05, 3.63) is 29.8 Å². The predicted molar refractivity (Wildman–Crippen MR) is 59.7 cm³/mol. The Balaban J connectivity index is 1.80. The molecule has 2 N–H and O–H groups in total. The molecule has 0 spiro atoms. The van der Waals surface area contributed by atoms with Crippen LogP contribution in [0.1, 0.15) is 24.8 Å². The first-order valence-corrected chi connectivity index (χ1v) is 5.57. The van der Waals surface area contributed by atoms with Gasteiger partial charge in [-0.15, -0.1) is 0 Å². The Hall–Kier alpha value is -1.55. The number of carbonyl (C=O) groups is 1. The van der Waals surface area contributed by atoms with E-state index >= 15 is 0 Å². The van der Waals surface area contributed by atoms with Gasteiger partial charge in [-0.3, -0.25) is 15.2 Å². The fourth-order valence-corrected chi connectivity index (χ4v) is 2.03. The Labute approximate surface area is 93.8 Å².